The van der Waals surface area contributed by atoms with Crippen molar-refractivity contribution < 1.29 is 29.0 Å². The zero-order chi connectivity index (χ0) is 62.3. The third kappa shape index (κ3) is 12.1. The first kappa shape index (κ1) is 60.1. The Kier molecular flexibility index (Phi) is 17.0. The second kappa shape index (κ2) is 25.5. The number of aromatic carboxylic acids is 1. The van der Waals surface area contributed by atoms with Crippen molar-refractivity contribution in [3.63, 3.8) is 0 Å². The lowest BCUT2D eigenvalue weighted by Gasteiger charge is -2.36. The third-order valence-corrected chi connectivity index (χ3v) is 19.6. The molecule has 462 valence electrons. The lowest BCUT2D eigenvalue weighted by molar-refractivity contribution is -0.133. The molecule has 0 unspecified atom stereocenters. The number of nitrogens with zero attached hydrogens (tertiary/aromatic N) is 11. The molecule has 8 heterocycles. The number of anilines is 5. The number of halogens is 1. The van der Waals surface area contributed by atoms with E-state index in [1.165, 1.54) is 50.8 Å². The van der Waals surface area contributed by atoms with Crippen LogP contribution in [0.5, 0.6) is 11.5 Å². The summed E-state index contributed by atoms with van der Waals surface area (Å²) in [5.74, 6) is 1.47. The number of piperazine rings is 1. The molecule has 0 aliphatic carbocycles. The van der Waals surface area contributed by atoms with Gasteiger partial charge in [0, 0.05) is 127 Å². The van der Waals surface area contributed by atoms with Gasteiger partial charge in [-0.1, -0.05) is 52.3 Å². The summed E-state index contributed by atoms with van der Waals surface area (Å²) >= 11 is 7.57. The van der Waals surface area contributed by atoms with E-state index in [2.05, 4.69) is 67.4 Å². The number of ether oxygens (including phenoxy) is 1. The first-order valence-electron chi connectivity index (χ1n) is 31.3. The second-order valence-electron chi connectivity index (χ2n) is 24.4. The van der Waals surface area contributed by atoms with Gasteiger partial charge in [-0.3, -0.25) is 19.3 Å². The number of nitrogens with one attached hydrogen (secondary N) is 3. The zero-order valence-corrected chi connectivity index (χ0v) is 52.8. The Labute approximate surface area is 530 Å². The maximum Gasteiger partial charge on any atom is 0.336 e. The molecule has 13 rings (SSSR count). The number of carbonyl (C=O) groups is 4. The number of fused-ring (bicyclic) bond motifs is 4. The molecule has 1 saturated heterocycles. The highest BCUT2D eigenvalue weighted by atomic mass is 35.5. The Hall–Kier alpha value is -8.88. The summed E-state index contributed by atoms with van der Waals surface area (Å²) in [5, 5.41) is 27.4. The number of azide groups is 1. The van der Waals surface area contributed by atoms with Crippen molar-refractivity contribution >= 4 is 86.0 Å². The number of para-hydroxylation sites is 1. The predicted octanol–water partition coefficient (Wildman–Crippen LogP) is 10.3. The molecule has 7 aromatic rings. The minimum Gasteiger partial charge on any atom is -0.478 e. The van der Waals surface area contributed by atoms with Crippen LogP contribution in [0.4, 0.5) is 33.8 Å². The van der Waals surface area contributed by atoms with Crippen molar-refractivity contribution in [1.82, 2.24) is 34.6 Å². The van der Waals surface area contributed by atoms with E-state index in [0.717, 1.165) is 140 Å². The van der Waals surface area contributed by atoms with Crippen molar-refractivity contribution in [2.24, 2.45) is 5.11 Å². The molecule has 0 radical (unpaired) electrons. The normalized spacial score (nSPS) is 15.8. The van der Waals surface area contributed by atoms with Gasteiger partial charge in [-0.25, -0.2) is 24.3 Å². The summed E-state index contributed by atoms with van der Waals surface area (Å²) in [5.41, 5.74) is 22.4. The number of rotatable bonds is 16. The van der Waals surface area contributed by atoms with Crippen LogP contribution >= 0.6 is 22.9 Å². The van der Waals surface area contributed by atoms with Crippen molar-refractivity contribution in [2.45, 2.75) is 98.4 Å². The molecule has 20 nitrogen and oxygen atoms in total. The molecule has 3 amide bonds. The summed E-state index contributed by atoms with van der Waals surface area (Å²) < 4.78 is 9.87. The van der Waals surface area contributed by atoms with Gasteiger partial charge >= 0.3 is 5.97 Å². The highest BCUT2D eigenvalue weighted by molar-refractivity contribution is 7.17. The molecular formula is C68H72ClN14O6S+. The number of aryl methyl sites for hydroxylation is 6. The number of benzene rings is 5. The third-order valence-electron chi connectivity index (χ3n) is 18.4. The van der Waals surface area contributed by atoms with Gasteiger partial charge in [-0.05, 0) is 154 Å². The fourth-order valence-corrected chi connectivity index (χ4v) is 15.2. The molecule has 0 saturated carbocycles. The number of carboxylic acids is 1. The number of hydrogen-bond donors (Lipinski definition) is 4. The Morgan fingerprint density at radius 1 is 0.800 bits per heavy atom. The molecule has 4 N–H and O–H groups in total. The molecule has 6 aliphatic heterocycles. The second-order valence-corrected chi connectivity index (χ2v) is 25.9. The van der Waals surface area contributed by atoms with Crippen molar-refractivity contribution in [2.75, 3.05) is 92.4 Å². The molecular weight excluding hydrogens is 1180 g/mol. The number of amides is 3. The number of aromatic nitrogens is 3. The average molecular weight is 1250 g/mol. The molecule has 0 spiro atoms. The van der Waals surface area contributed by atoms with Crippen molar-refractivity contribution in [3.8, 4) is 11.5 Å². The first-order chi connectivity index (χ1) is 43.7. The molecule has 90 heavy (non-hydrogen) atoms. The Morgan fingerprint density at radius 3 is 2.38 bits per heavy atom. The van der Waals surface area contributed by atoms with Gasteiger partial charge in [0.1, 0.15) is 46.9 Å². The first-order valence-corrected chi connectivity index (χ1v) is 32.5. The van der Waals surface area contributed by atoms with E-state index in [1.807, 2.05) is 58.0 Å². The SMILES string of the molecule is Cc1nc(Nc2ncc(C(=O)Nc3c(C)cccc3Cl)s2)cc(N2CCN(CC(=O)N(CCNC(=O)c3ccc(C(=O)O)c(C4=c5cc6c7c(c5Oc5c4cc4c8c5CCCN8CCCC4)CCC[N+]=7CCCC6)c3)Cc3cc(C)c(N=[N+]=[N-])c(C)c3)CC2)n1. The number of hydrogen-bond acceptors (Lipinski definition) is 14. The maximum atomic E-state index is 14.7. The average Bonchev–Trinajstić information content (AvgIpc) is 0.921. The highest BCUT2D eigenvalue weighted by Crippen LogP contribution is 2.49. The van der Waals surface area contributed by atoms with Crippen LogP contribution in [-0.4, -0.2) is 126 Å². The highest BCUT2D eigenvalue weighted by Gasteiger charge is 2.37. The van der Waals surface area contributed by atoms with Crippen LogP contribution in [0.25, 0.3) is 16.0 Å². The van der Waals surface area contributed by atoms with Gasteiger partial charge in [-0.15, -0.1) is 0 Å². The Morgan fingerprint density at radius 2 is 1.58 bits per heavy atom. The monoisotopic (exact) mass is 1250 g/mol. The van der Waals surface area contributed by atoms with Crippen LogP contribution in [-0.2, 0) is 37.0 Å². The summed E-state index contributed by atoms with van der Waals surface area (Å²) in [6.07, 6.45) is 11.4. The van der Waals surface area contributed by atoms with E-state index >= 15 is 0 Å². The van der Waals surface area contributed by atoms with E-state index in [4.69, 9.17) is 21.3 Å². The van der Waals surface area contributed by atoms with E-state index in [0.29, 0.717) is 81.2 Å². The largest absolute Gasteiger partial charge is 0.478 e. The van der Waals surface area contributed by atoms with Gasteiger partial charge in [0.05, 0.1) is 34.6 Å². The lowest BCUT2D eigenvalue weighted by atomic mass is 9.82. The quantitative estimate of drug-likeness (QED) is 0.0305. The maximum absolute atomic E-state index is 14.7. The van der Waals surface area contributed by atoms with E-state index in [-0.39, 0.29) is 43.6 Å². The molecule has 0 atom stereocenters. The summed E-state index contributed by atoms with van der Waals surface area (Å²) in [6, 6.07) is 20.6. The molecule has 22 heteroatoms. The van der Waals surface area contributed by atoms with Gasteiger partial charge in [0.15, 0.2) is 5.13 Å². The van der Waals surface area contributed by atoms with Crippen molar-refractivity contribution in [3.05, 3.63) is 176 Å². The minimum atomic E-state index is -1.08. The topological polar surface area (TPSA) is 237 Å². The minimum absolute atomic E-state index is 0.106. The predicted molar refractivity (Wildman–Crippen MR) is 350 cm³/mol. The van der Waals surface area contributed by atoms with E-state index < -0.39 is 11.9 Å². The smallest absolute Gasteiger partial charge is 0.336 e. The van der Waals surface area contributed by atoms with Crippen LogP contribution < -0.4 is 45.6 Å². The van der Waals surface area contributed by atoms with Crippen LogP contribution in [0.15, 0.2) is 78.0 Å². The van der Waals surface area contributed by atoms with Gasteiger partial charge in [-0.2, -0.15) is 0 Å². The van der Waals surface area contributed by atoms with Crippen LogP contribution in [0.1, 0.15) is 130 Å². The van der Waals surface area contributed by atoms with Crippen molar-refractivity contribution in [1.29, 1.82) is 0 Å². The van der Waals surface area contributed by atoms with E-state index in [9.17, 15) is 29.8 Å². The summed E-state index contributed by atoms with van der Waals surface area (Å²) in [7, 11) is 0. The summed E-state index contributed by atoms with van der Waals surface area (Å²) in [4.78, 5) is 82.0. The standard InChI is InChI=1S/C68H71ClN14O6S/c1-39-12-9-17-53(69)60(39)76-66(86)54-36-72-68(90-54)75-55-35-56(74-42(4)73-55)80-28-26-79(27-29-80)38-57(84)83(37-43-30-40(2)59(77-78-70)41(3)31-43)25-20-71-65(85)46-18-19-47(67(87)88)50(34-46)58-51-32-44-13-5-7-21-81-23-10-15-48(61(44)81)63(51)89-64-49-16-11-24-82-22-8-6-14-45(62(49)82)33-52(58)64/h9,12,17-19,30-36H,5-8,10-11,13-16,20-29,37-38H2,1-4H3,(H3-,71,72,73,74,75,76,85,86,87,88)/p+1. The van der Waals surface area contributed by atoms with Crippen LogP contribution in [0.3, 0.4) is 0 Å². The number of carboxylic acid groups (broad SMARTS) is 1. The molecule has 0 bridgehead atoms. The van der Waals surface area contributed by atoms with Crippen LogP contribution in [0, 0.1) is 27.7 Å². The van der Waals surface area contributed by atoms with E-state index in [1.54, 1.807) is 29.2 Å². The van der Waals surface area contributed by atoms with Gasteiger partial charge < -0.3 is 40.5 Å². The Balaban J connectivity index is 0.744. The Bertz CT molecular complexity index is 4240. The fourth-order valence-electron chi connectivity index (χ4n) is 14.2. The molecule has 5 aromatic carbocycles. The molecule has 2 aromatic heterocycles. The van der Waals surface area contributed by atoms with Crippen LogP contribution in [0.2, 0.25) is 5.02 Å². The van der Waals surface area contributed by atoms with Gasteiger partial charge in [0.2, 0.25) is 11.3 Å². The fraction of sp³-hybridized carbons (Fsp3) is 0.382. The van der Waals surface area contributed by atoms with Gasteiger partial charge in [0.25, 0.3) is 11.8 Å². The number of thiazole rings is 1. The molecule has 6 aliphatic rings. The molecule has 1 fully saturated rings. The lowest BCUT2D eigenvalue weighted by Crippen LogP contribution is -2.51. The summed E-state index contributed by atoms with van der Waals surface area (Å²) in [6.45, 7) is 14.4. The zero-order valence-electron chi connectivity index (χ0n) is 51.2. The number of carbonyl (C=O) groups excluding carboxylic acids is 3.